The van der Waals surface area contributed by atoms with Crippen molar-refractivity contribution in [1.29, 1.82) is 5.41 Å². The summed E-state index contributed by atoms with van der Waals surface area (Å²) in [5.41, 5.74) is 10.7. The van der Waals surface area contributed by atoms with Gasteiger partial charge >= 0.3 is 0 Å². The number of amides is 2. The van der Waals surface area contributed by atoms with Crippen LogP contribution in [0.5, 0.6) is 5.75 Å². The molecule has 4 rings (SSSR count). The molecule has 1 aliphatic rings. The fraction of sp³-hybridized carbons (Fsp3) is 0.100. The van der Waals surface area contributed by atoms with Crippen molar-refractivity contribution >= 4 is 69.7 Å². The molecule has 0 fully saturated rings. The number of hydrogen-bond acceptors (Lipinski definition) is 10. The zero-order valence-electron chi connectivity index (χ0n) is 17.3. The summed E-state index contributed by atoms with van der Waals surface area (Å²) in [5.74, 6) is -5.12. The van der Waals surface area contributed by atoms with E-state index in [1.807, 2.05) is 5.32 Å². The molecule has 0 bridgehead atoms. The van der Waals surface area contributed by atoms with Gasteiger partial charge in [-0.05, 0) is 17.5 Å². The van der Waals surface area contributed by atoms with Gasteiger partial charge in [-0.1, -0.05) is 29.3 Å². The van der Waals surface area contributed by atoms with Gasteiger partial charge in [0.05, 0.1) is 9.90 Å². The predicted octanol–water partition coefficient (Wildman–Crippen LogP) is 2.16. The fourth-order valence-electron chi connectivity index (χ4n) is 3.19. The van der Waals surface area contributed by atoms with Crippen molar-refractivity contribution in [1.82, 2.24) is 20.6 Å². The Morgan fingerprint density at radius 1 is 1.17 bits per heavy atom. The molecular weight excluding hydrogens is 524 g/mol. The Morgan fingerprint density at radius 2 is 1.91 bits per heavy atom. The monoisotopic (exact) mass is 537 g/mol. The number of carbonyl (C=O) groups excluding carboxylic acids is 3. The van der Waals surface area contributed by atoms with Crippen LogP contribution in [0.25, 0.3) is 0 Å². The van der Waals surface area contributed by atoms with E-state index in [4.69, 9.17) is 44.8 Å². The second kappa shape index (κ2) is 9.44. The minimum atomic E-state index is -1.22. The molecule has 0 radical (unpaired) electrons. The van der Waals surface area contributed by atoms with Crippen molar-refractivity contribution < 1.29 is 23.5 Å². The molecule has 1 aromatic carbocycles. The molecule has 0 spiro atoms. The quantitative estimate of drug-likeness (QED) is 0.190. The van der Waals surface area contributed by atoms with E-state index in [1.165, 1.54) is 17.4 Å². The smallest absolute Gasteiger partial charge is 0.280 e. The van der Waals surface area contributed by atoms with Crippen LogP contribution in [0.1, 0.15) is 31.3 Å². The number of ether oxygens (including phenoxy) is 1. The lowest BCUT2D eigenvalue weighted by Gasteiger charge is -2.13. The van der Waals surface area contributed by atoms with Gasteiger partial charge < -0.3 is 16.2 Å². The highest BCUT2D eigenvalue weighted by atomic mass is 35.5. The van der Waals surface area contributed by atoms with E-state index in [1.54, 1.807) is 17.5 Å². The number of ketones is 1. The van der Waals surface area contributed by atoms with Gasteiger partial charge in [-0.2, -0.15) is 4.39 Å². The number of rotatable bonds is 4. The first-order chi connectivity index (χ1) is 16.6. The lowest BCUT2D eigenvalue weighted by molar-refractivity contribution is -0.125. The van der Waals surface area contributed by atoms with Crippen LogP contribution in [0, 0.1) is 11.4 Å². The molecule has 2 amide bonds. The number of nitrogens with two attached hydrogens (primary N) is 2. The lowest BCUT2D eigenvalue weighted by Crippen LogP contribution is -2.48. The largest absolute Gasteiger partial charge is 0.478 e. The highest BCUT2D eigenvalue weighted by Crippen LogP contribution is 2.43. The Hall–Kier alpha value is -3.81. The van der Waals surface area contributed by atoms with Gasteiger partial charge in [0.15, 0.2) is 23.4 Å². The summed E-state index contributed by atoms with van der Waals surface area (Å²) in [6, 6.07) is 4.88. The summed E-state index contributed by atoms with van der Waals surface area (Å²) in [7, 11) is 0. The number of anilines is 2. The summed E-state index contributed by atoms with van der Waals surface area (Å²) in [6.07, 6.45) is -1.12. The van der Waals surface area contributed by atoms with Gasteiger partial charge in [-0.25, -0.2) is 9.97 Å². The van der Waals surface area contributed by atoms with Gasteiger partial charge in [-0.3, -0.25) is 30.4 Å². The zero-order valence-corrected chi connectivity index (χ0v) is 19.6. The highest BCUT2D eigenvalue weighted by Gasteiger charge is 2.34. The van der Waals surface area contributed by atoms with Crippen molar-refractivity contribution in [2.75, 3.05) is 11.5 Å². The van der Waals surface area contributed by atoms with Crippen LogP contribution in [-0.4, -0.2) is 39.6 Å². The van der Waals surface area contributed by atoms with E-state index >= 15 is 0 Å². The number of thiophene rings is 1. The Morgan fingerprint density at radius 3 is 2.60 bits per heavy atom. The normalized spacial score (nSPS) is 14.1. The molecule has 15 heteroatoms. The maximum Gasteiger partial charge on any atom is 0.280 e. The second-order valence-electron chi connectivity index (χ2n) is 7.11. The van der Waals surface area contributed by atoms with Gasteiger partial charge in [0.25, 0.3) is 17.8 Å². The molecule has 0 saturated heterocycles. The van der Waals surface area contributed by atoms with Gasteiger partial charge in [-0.15, -0.1) is 11.3 Å². The van der Waals surface area contributed by atoms with E-state index in [9.17, 15) is 18.8 Å². The maximum absolute atomic E-state index is 13.5. The average molecular weight is 538 g/mol. The Labute approximate surface area is 210 Å². The van der Waals surface area contributed by atoms with E-state index in [0.29, 0.717) is 10.4 Å². The number of benzene rings is 1. The molecule has 180 valence electrons. The van der Waals surface area contributed by atoms with Crippen LogP contribution in [0.2, 0.25) is 10.0 Å². The number of nitrogen functional groups attached to an aromatic ring is 2. The second-order valence-corrected chi connectivity index (χ2v) is 8.81. The number of fused-ring (bicyclic) bond motifs is 1. The topological polar surface area (TPSA) is 186 Å². The van der Waals surface area contributed by atoms with Crippen LogP contribution < -0.4 is 26.8 Å². The molecule has 0 aliphatic carbocycles. The first kappa shape index (κ1) is 24.3. The van der Waals surface area contributed by atoms with Gasteiger partial charge in [0, 0.05) is 17.5 Å². The number of nitrogens with zero attached hydrogens (tertiary/aromatic N) is 2. The van der Waals surface area contributed by atoms with E-state index in [-0.39, 0.29) is 33.6 Å². The van der Waals surface area contributed by atoms with Gasteiger partial charge in [0.2, 0.25) is 11.7 Å². The third-order valence-electron chi connectivity index (χ3n) is 4.79. The maximum atomic E-state index is 13.5. The highest BCUT2D eigenvalue weighted by molar-refractivity contribution is 7.12. The predicted molar refractivity (Wildman–Crippen MR) is 126 cm³/mol. The number of aromatic nitrogens is 2. The van der Waals surface area contributed by atoms with E-state index < -0.39 is 47.2 Å². The molecule has 3 aromatic rings. The first-order valence-corrected chi connectivity index (χ1v) is 11.2. The SMILES string of the molecule is N=C(NC(=O)c1nc(F)c(N)nc1N)NC(=O)C1Cc2cc(C(=O)c3cccs3)c(Cl)c(Cl)c2O1. The van der Waals surface area contributed by atoms with E-state index in [0.717, 1.165) is 0 Å². The molecule has 7 N–H and O–H groups in total. The third-order valence-corrected chi connectivity index (χ3v) is 6.51. The molecule has 1 atom stereocenters. The van der Waals surface area contributed by atoms with Crippen molar-refractivity contribution in [2.24, 2.45) is 0 Å². The minimum absolute atomic E-state index is 0.0145. The first-order valence-electron chi connectivity index (χ1n) is 9.61. The molecule has 1 unspecified atom stereocenters. The van der Waals surface area contributed by atoms with Crippen LogP contribution >= 0.6 is 34.5 Å². The third kappa shape index (κ3) is 4.73. The number of nitrogens with one attached hydrogen (secondary N) is 3. The molecule has 11 nitrogen and oxygen atoms in total. The molecule has 0 saturated carbocycles. The van der Waals surface area contributed by atoms with Crippen molar-refractivity contribution in [3.8, 4) is 5.75 Å². The summed E-state index contributed by atoms with van der Waals surface area (Å²) in [4.78, 5) is 44.8. The zero-order chi connectivity index (χ0) is 25.4. The molecule has 1 aliphatic heterocycles. The van der Waals surface area contributed by atoms with Gasteiger partial charge in [0.1, 0.15) is 10.8 Å². The van der Waals surface area contributed by atoms with Crippen molar-refractivity contribution in [3.63, 3.8) is 0 Å². The minimum Gasteiger partial charge on any atom is -0.478 e. The molecular formula is C20H14Cl2FN7O4S. The number of guanidine groups is 1. The Kier molecular flexibility index (Phi) is 6.56. The molecule has 35 heavy (non-hydrogen) atoms. The van der Waals surface area contributed by atoms with Crippen LogP contribution in [0.15, 0.2) is 23.6 Å². The summed E-state index contributed by atoms with van der Waals surface area (Å²) >= 11 is 13.8. The summed E-state index contributed by atoms with van der Waals surface area (Å²) < 4.78 is 19.1. The van der Waals surface area contributed by atoms with Crippen LogP contribution in [-0.2, 0) is 11.2 Å². The van der Waals surface area contributed by atoms with E-state index in [2.05, 4.69) is 15.3 Å². The lowest BCUT2D eigenvalue weighted by atomic mass is 10.0. The summed E-state index contributed by atoms with van der Waals surface area (Å²) in [6.45, 7) is 0. The molecule has 2 aromatic heterocycles. The Balaban J connectivity index is 1.44. The Bertz CT molecular complexity index is 1400. The number of hydrogen-bond donors (Lipinski definition) is 5. The fourth-order valence-corrected chi connectivity index (χ4v) is 4.36. The average Bonchev–Trinajstić information content (AvgIpc) is 3.48. The number of carbonyl (C=O) groups is 3. The molecule has 3 heterocycles. The van der Waals surface area contributed by atoms with Crippen LogP contribution in [0.4, 0.5) is 16.0 Å². The van der Waals surface area contributed by atoms with Crippen molar-refractivity contribution in [3.05, 3.63) is 61.3 Å². The standard InChI is InChI=1S/C20H14Cl2FN7O4S/c21-10-7(13(31)9-2-1-3-35-9)4-6-5-8(34-14(6)11(10)22)18(32)29-20(26)30-19(33)12-16(24)28-17(25)15(23)27-12/h1-4,8H,5H2,(H4,24,25,28)(H3,26,29,30,32,33). The summed E-state index contributed by atoms with van der Waals surface area (Å²) in [5, 5.41) is 13.7. The number of halogens is 3. The van der Waals surface area contributed by atoms with Crippen LogP contribution in [0.3, 0.4) is 0 Å². The van der Waals surface area contributed by atoms with Crippen molar-refractivity contribution in [2.45, 2.75) is 12.5 Å².